The molecule has 0 atom stereocenters. The van der Waals surface area contributed by atoms with Crippen molar-refractivity contribution < 1.29 is 27.9 Å². The molecule has 0 aromatic carbocycles. The number of anilines is 1. The minimum Gasteiger partial charge on any atom is -0.475 e. The maximum atomic E-state index is 12.6. The van der Waals surface area contributed by atoms with Gasteiger partial charge in [-0.25, -0.2) is 14.3 Å². The largest absolute Gasteiger partial charge is 0.490 e. The number of hydrogen-bond donors (Lipinski definition) is 1. The molecular formula is C28H29F3N8O3. The van der Waals surface area contributed by atoms with Crippen LogP contribution in [0.4, 0.5) is 19.0 Å². The molecule has 14 heteroatoms. The minimum atomic E-state index is -5.08. The van der Waals surface area contributed by atoms with Crippen molar-refractivity contribution in [1.29, 1.82) is 5.26 Å². The number of rotatable bonds is 3. The number of nitrogens with zero attached hydrogens (tertiary/aromatic N) is 8. The molecule has 0 radical (unpaired) electrons. The topological polar surface area (TPSA) is 133 Å². The number of carbonyl (C=O) groups is 2. The van der Waals surface area contributed by atoms with E-state index in [1.54, 1.807) is 15.4 Å². The van der Waals surface area contributed by atoms with E-state index in [1.807, 2.05) is 69.6 Å². The quantitative estimate of drug-likeness (QED) is 0.384. The summed E-state index contributed by atoms with van der Waals surface area (Å²) in [5.74, 6) is -1.69. The van der Waals surface area contributed by atoms with E-state index >= 15 is 0 Å². The van der Waals surface area contributed by atoms with Crippen LogP contribution < -0.4 is 4.90 Å². The lowest BCUT2D eigenvalue weighted by Gasteiger charge is -2.38. The second-order valence-electron chi connectivity index (χ2n) is 10.7. The summed E-state index contributed by atoms with van der Waals surface area (Å²) in [5.41, 5.74) is 4.62. The molecule has 0 spiro atoms. The Labute approximate surface area is 239 Å². The average molecular weight is 583 g/mol. The molecule has 4 aromatic heterocycles. The number of carbonyl (C=O) groups excluding carboxylic acids is 1. The number of alkyl halides is 3. The third kappa shape index (κ3) is 6.51. The Morgan fingerprint density at radius 3 is 2.12 bits per heavy atom. The smallest absolute Gasteiger partial charge is 0.475 e. The Bertz CT molecular complexity index is 1640. The van der Waals surface area contributed by atoms with Crippen LogP contribution in [0.1, 0.15) is 26.3 Å². The van der Waals surface area contributed by atoms with E-state index in [-0.39, 0.29) is 11.3 Å². The first kappa shape index (κ1) is 30.0. The van der Waals surface area contributed by atoms with Gasteiger partial charge in [0.1, 0.15) is 11.9 Å². The number of carboxylic acids is 1. The molecule has 0 aliphatic carbocycles. The van der Waals surface area contributed by atoms with Gasteiger partial charge in [-0.3, -0.25) is 9.48 Å². The van der Waals surface area contributed by atoms with Crippen molar-refractivity contribution in [1.82, 2.24) is 29.3 Å². The Morgan fingerprint density at radius 1 is 0.952 bits per heavy atom. The Kier molecular flexibility index (Phi) is 8.24. The lowest BCUT2D eigenvalue weighted by molar-refractivity contribution is -0.192. The van der Waals surface area contributed by atoms with E-state index in [0.29, 0.717) is 18.7 Å². The summed E-state index contributed by atoms with van der Waals surface area (Å²) in [4.78, 5) is 30.4. The molecule has 220 valence electrons. The molecular weight excluding hydrogens is 553 g/mol. The molecule has 0 unspecified atom stereocenters. The van der Waals surface area contributed by atoms with Crippen molar-refractivity contribution in [3.63, 3.8) is 0 Å². The zero-order valence-electron chi connectivity index (χ0n) is 23.4. The second-order valence-corrected chi connectivity index (χ2v) is 10.7. The summed E-state index contributed by atoms with van der Waals surface area (Å²) in [5, 5.41) is 25.5. The molecule has 5 heterocycles. The van der Waals surface area contributed by atoms with E-state index in [1.165, 1.54) is 0 Å². The van der Waals surface area contributed by atoms with Gasteiger partial charge >= 0.3 is 12.1 Å². The summed E-state index contributed by atoms with van der Waals surface area (Å²) >= 11 is 0. The molecule has 1 N–H and O–H groups in total. The van der Waals surface area contributed by atoms with Gasteiger partial charge in [0, 0.05) is 79.5 Å². The van der Waals surface area contributed by atoms with Crippen molar-refractivity contribution in [3.05, 3.63) is 54.7 Å². The number of hydrogen-bond acceptors (Lipinski definition) is 7. The van der Waals surface area contributed by atoms with Gasteiger partial charge in [-0.15, -0.1) is 0 Å². The Morgan fingerprint density at radius 2 is 1.62 bits per heavy atom. The summed E-state index contributed by atoms with van der Waals surface area (Å²) in [7, 11) is 1.88. The molecule has 1 amide bonds. The van der Waals surface area contributed by atoms with Crippen molar-refractivity contribution in [3.8, 4) is 28.3 Å². The van der Waals surface area contributed by atoms with E-state index < -0.39 is 12.1 Å². The van der Waals surface area contributed by atoms with E-state index in [2.05, 4.69) is 27.2 Å². The summed E-state index contributed by atoms with van der Waals surface area (Å²) in [6.45, 7) is 8.75. The van der Waals surface area contributed by atoms with Gasteiger partial charge in [0.2, 0.25) is 5.91 Å². The molecule has 1 aliphatic heterocycles. The second kappa shape index (κ2) is 11.5. The van der Waals surface area contributed by atoms with Crippen molar-refractivity contribution >= 4 is 23.2 Å². The standard InChI is InChI=1S/C26H28N8O.C2HF3O2/c1-26(2,3)25(35)33-9-7-32(8-10-33)23-6-5-18(13-28-23)22-11-19(21-15-29-31(4)16-21)17-34-24(22)20(12-27)14-30-34;3-2(4,5)1(6)7/h5-6,11,13-17H,7-10H2,1-4H3;(H,6,7). The molecule has 0 bridgehead atoms. The van der Waals surface area contributed by atoms with E-state index in [0.717, 1.165) is 46.7 Å². The molecule has 4 aromatic rings. The van der Waals surface area contributed by atoms with Crippen LogP contribution in [0.15, 0.2) is 49.2 Å². The van der Waals surface area contributed by atoms with E-state index in [4.69, 9.17) is 14.9 Å². The highest BCUT2D eigenvalue weighted by Gasteiger charge is 2.38. The van der Waals surface area contributed by atoms with Gasteiger partial charge in [0.25, 0.3) is 0 Å². The fourth-order valence-electron chi connectivity index (χ4n) is 4.50. The number of halogens is 3. The normalized spacial score (nSPS) is 13.9. The highest BCUT2D eigenvalue weighted by atomic mass is 19.4. The molecule has 1 fully saturated rings. The third-order valence-corrected chi connectivity index (χ3v) is 6.60. The number of pyridine rings is 2. The maximum Gasteiger partial charge on any atom is 0.490 e. The van der Waals surface area contributed by atoms with Crippen LogP contribution in [0.2, 0.25) is 0 Å². The van der Waals surface area contributed by atoms with Crippen molar-refractivity contribution in [2.75, 3.05) is 31.1 Å². The zero-order valence-corrected chi connectivity index (χ0v) is 23.4. The number of fused-ring (bicyclic) bond motifs is 1. The van der Waals surface area contributed by atoms with Crippen LogP contribution in [-0.4, -0.2) is 78.6 Å². The number of aryl methyl sites for hydroxylation is 1. The van der Waals surface area contributed by atoms with Crippen molar-refractivity contribution in [2.24, 2.45) is 12.5 Å². The number of aromatic nitrogens is 5. The van der Waals surface area contributed by atoms with Crippen LogP contribution in [0.3, 0.4) is 0 Å². The van der Waals surface area contributed by atoms with Crippen LogP contribution in [0, 0.1) is 16.7 Å². The lowest BCUT2D eigenvalue weighted by atomic mass is 9.94. The molecule has 0 saturated carbocycles. The summed E-state index contributed by atoms with van der Waals surface area (Å²) in [6.07, 6.45) is 4.03. The molecule has 11 nitrogen and oxygen atoms in total. The molecule has 1 saturated heterocycles. The molecule has 1 aliphatic rings. The number of carboxylic acid groups (broad SMARTS) is 1. The number of aliphatic carboxylic acids is 1. The highest BCUT2D eigenvalue weighted by molar-refractivity contribution is 5.87. The maximum absolute atomic E-state index is 12.6. The molecule has 5 rings (SSSR count). The number of nitriles is 1. The fraction of sp³-hybridized carbons (Fsp3) is 0.357. The van der Waals surface area contributed by atoms with Gasteiger partial charge < -0.3 is 14.9 Å². The molecule has 42 heavy (non-hydrogen) atoms. The first-order valence-electron chi connectivity index (χ1n) is 12.9. The number of piperazine rings is 1. The van der Waals surface area contributed by atoms with Crippen LogP contribution in [0.5, 0.6) is 0 Å². The van der Waals surface area contributed by atoms with Gasteiger partial charge in [-0.05, 0) is 18.2 Å². The van der Waals surface area contributed by atoms with Gasteiger partial charge in [0.05, 0.1) is 23.5 Å². The fourth-order valence-corrected chi connectivity index (χ4v) is 4.50. The van der Waals surface area contributed by atoms with Gasteiger partial charge in [-0.2, -0.15) is 28.6 Å². The van der Waals surface area contributed by atoms with Crippen LogP contribution in [-0.2, 0) is 16.6 Å². The van der Waals surface area contributed by atoms with Crippen LogP contribution >= 0.6 is 0 Å². The third-order valence-electron chi connectivity index (χ3n) is 6.60. The zero-order chi connectivity index (χ0) is 30.8. The van der Waals surface area contributed by atoms with Crippen molar-refractivity contribution in [2.45, 2.75) is 26.9 Å². The van der Waals surface area contributed by atoms with E-state index in [9.17, 15) is 23.2 Å². The van der Waals surface area contributed by atoms with Crippen LogP contribution in [0.25, 0.3) is 27.8 Å². The lowest BCUT2D eigenvalue weighted by Crippen LogP contribution is -2.51. The summed E-state index contributed by atoms with van der Waals surface area (Å²) < 4.78 is 35.2. The monoisotopic (exact) mass is 582 g/mol. The Balaban J connectivity index is 0.000000517. The number of amides is 1. The van der Waals surface area contributed by atoms with Gasteiger partial charge in [0.15, 0.2) is 0 Å². The minimum absolute atomic E-state index is 0.187. The summed E-state index contributed by atoms with van der Waals surface area (Å²) in [6, 6.07) is 8.35. The first-order chi connectivity index (χ1) is 19.7. The average Bonchev–Trinajstić information content (AvgIpc) is 3.57. The first-order valence-corrected chi connectivity index (χ1v) is 12.9. The Hall–Kier alpha value is -4.93. The SMILES string of the molecule is Cn1cc(-c2cc(-c3ccc(N4CCN(C(=O)C(C)(C)C)CC4)nc3)c3c(C#N)cnn3c2)cn1.O=C(O)C(F)(F)F. The highest BCUT2D eigenvalue weighted by Crippen LogP contribution is 2.32. The predicted octanol–water partition coefficient (Wildman–Crippen LogP) is 4.00. The van der Waals surface area contributed by atoms with Gasteiger partial charge in [-0.1, -0.05) is 20.8 Å². The predicted molar refractivity (Wildman–Crippen MR) is 147 cm³/mol.